The third-order valence-corrected chi connectivity index (χ3v) is 4.94. The molecular weight excluding hydrogens is 327 g/mol. The van der Waals surface area contributed by atoms with Gasteiger partial charge in [-0.2, -0.15) is 0 Å². The van der Waals surface area contributed by atoms with Crippen LogP contribution in [0.25, 0.3) is 0 Å². The van der Waals surface area contributed by atoms with Crippen LogP contribution in [-0.4, -0.2) is 19.2 Å². The molecule has 0 spiro atoms. The molecule has 1 heterocycles. The molecule has 0 aliphatic carbocycles. The van der Waals surface area contributed by atoms with E-state index in [9.17, 15) is 4.39 Å². The molecule has 5 heteroatoms. The SMILES string of the molecule is COc1cc(OCc2ccc(F)cc2)cc(SC2C[C@@H](C)CO2)c1. The lowest BCUT2D eigenvalue weighted by Crippen LogP contribution is -1.99. The van der Waals surface area contributed by atoms with Gasteiger partial charge in [-0.05, 0) is 42.2 Å². The van der Waals surface area contributed by atoms with Crippen molar-refractivity contribution in [1.29, 1.82) is 0 Å². The van der Waals surface area contributed by atoms with Gasteiger partial charge in [0, 0.05) is 11.0 Å². The number of rotatable bonds is 6. The molecule has 2 aromatic rings. The highest BCUT2D eigenvalue weighted by atomic mass is 32.2. The third-order valence-electron chi connectivity index (χ3n) is 3.84. The maximum Gasteiger partial charge on any atom is 0.124 e. The van der Waals surface area contributed by atoms with Crippen LogP contribution in [0, 0.1) is 11.7 Å². The van der Waals surface area contributed by atoms with Gasteiger partial charge in [-0.25, -0.2) is 4.39 Å². The molecule has 1 aliphatic heterocycles. The van der Waals surface area contributed by atoms with Crippen molar-refractivity contribution in [3.63, 3.8) is 0 Å². The first kappa shape index (κ1) is 17.1. The lowest BCUT2D eigenvalue weighted by atomic mass is 10.2. The molecule has 0 aromatic heterocycles. The number of hydrogen-bond acceptors (Lipinski definition) is 4. The Balaban J connectivity index is 1.67. The molecule has 3 rings (SSSR count). The van der Waals surface area contributed by atoms with Gasteiger partial charge in [-0.15, -0.1) is 0 Å². The van der Waals surface area contributed by atoms with Crippen molar-refractivity contribution in [3.8, 4) is 11.5 Å². The van der Waals surface area contributed by atoms with Gasteiger partial charge in [0.25, 0.3) is 0 Å². The van der Waals surface area contributed by atoms with Crippen LogP contribution in [0.1, 0.15) is 18.9 Å². The molecular formula is C19H21FO3S. The lowest BCUT2D eigenvalue weighted by molar-refractivity contribution is 0.166. The molecule has 0 bridgehead atoms. The summed E-state index contributed by atoms with van der Waals surface area (Å²) in [6, 6.07) is 12.1. The van der Waals surface area contributed by atoms with E-state index < -0.39 is 0 Å². The van der Waals surface area contributed by atoms with E-state index in [2.05, 4.69) is 6.92 Å². The Bertz CT molecular complexity index is 675. The van der Waals surface area contributed by atoms with E-state index in [-0.39, 0.29) is 11.3 Å². The van der Waals surface area contributed by atoms with Crippen molar-refractivity contribution in [2.45, 2.75) is 30.3 Å². The Morgan fingerprint density at radius 1 is 1.17 bits per heavy atom. The largest absolute Gasteiger partial charge is 0.497 e. The molecule has 1 saturated heterocycles. The fourth-order valence-corrected chi connectivity index (χ4v) is 3.78. The Labute approximate surface area is 146 Å². The Morgan fingerprint density at radius 2 is 1.92 bits per heavy atom. The Hall–Kier alpha value is -1.72. The van der Waals surface area contributed by atoms with E-state index in [1.54, 1.807) is 31.0 Å². The van der Waals surface area contributed by atoms with Crippen LogP contribution in [0.5, 0.6) is 11.5 Å². The lowest BCUT2D eigenvalue weighted by Gasteiger charge is -2.13. The van der Waals surface area contributed by atoms with Gasteiger partial charge >= 0.3 is 0 Å². The first-order valence-electron chi connectivity index (χ1n) is 7.97. The molecule has 24 heavy (non-hydrogen) atoms. The van der Waals surface area contributed by atoms with Crippen molar-refractivity contribution in [2.75, 3.05) is 13.7 Å². The zero-order valence-electron chi connectivity index (χ0n) is 13.8. The average molecular weight is 348 g/mol. The van der Waals surface area contributed by atoms with Crippen molar-refractivity contribution < 1.29 is 18.6 Å². The predicted molar refractivity (Wildman–Crippen MR) is 93.1 cm³/mol. The minimum absolute atomic E-state index is 0.178. The average Bonchev–Trinajstić information content (AvgIpc) is 2.99. The van der Waals surface area contributed by atoms with Crippen LogP contribution in [-0.2, 0) is 11.3 Å². The zero-order chi connectivity index (χ0) is 16.9. The molecule has 128 valence electrons. The summed E-state index contributed by atoms with van der Waals surface area (Å²) < 4.78 is 29.9. The van der Waals surface area contributed by atoms with E-state index in [4.69, 9.17) is 14.2 Å². The molecule has 1 unspecified atom stereocenters. The number of ether oxygens (including phenoxy) is 3. The summed E-state index contributed by atoms with van der Waals surface area (Å²) >= 11 is 1.69. The maximum atomic E-state index is 13.0. The fraction of sp³-hybridized carbons (Fsp3) is 0.368. The minimum Gasteiger partial charge on any atom is -0.497 e. The quantitative estimate of drug-likeness (QED) is 0.743. The number of methoxy groups -OCH3 is 1. The highest BCUT2D eigenvalue weighted by Crippen LogP contribution is 2.37. The summed E-state index contributed by atoms with van der Waals surface area (Å²) in [5.74, 6) is 1.83. The molecule has 3 nitrogen and oxygen atoms in total. The van der Waals surface area contributed by atoms with Crippen molar-refractivity contribution in [3.05, 3.63) is 53.8 Å². The summed E-state index contributed by atoms with van der Waals surface area (Å²) in [6.45, 7) is 3.40. The van der Waals surface area contributed by atoms with Gasteiger partial charge in [-0.3, -0.25) is 0 Å². The molecule has 1 aliphatic rings. The van der Waals surface area contributed by atoms with Gasteiger partial charge in [-0.1, -0.05) is 30.8 Å². The number of thioether (sulfide) groups is 1. The van der Waals surface area contributed by atoms with Gasteiger partial charge in [0.1, 0.15) is 29.4 Å². The predicted octanol–water partition coefficient (Wildman–Crippen LogP) is 4.89. The fourth-order valence-electron chi connectivity index (χ4n) is 2.53. The normalized spacial score (nSPS) is 20.1. The highest BCUT2D eigenvalue weighted by molar-refractivity contribution is 7.99. The first-order chi connectivity index (χ1) is 11.6. The van der Waals surface area contributed by atoms with Crippen LogP contribution < -0.4 is 9.47 Å². The first-order valence-corrected chi connectivity index (χ1v) is 8.85. The summed E-state index contributed by atoms with van der Waals surface area (Å²) in [5.41, 5.74) is 1.10. The summed E-state index contributed by atoms with van der Waals surface area (Å²) in [6.07, 6.45) is 1.05. The number of hydrogen-bond donors (Lipinski definition) is 0. The Morgan fingerprint density at radius 3 is 2.58 bits per heavy atom. The van der Waals surface area contributed by atoms with E-state index in [1.807, 2.05) is 18.2 Å². The van der Waals surface area contributed by atoms with Crippen LogP contribution >= 0.6 is 11.8 Å². The molecule has 2 aromatic carbocycles. The number of halogens is 1. The third kappa shape index (κ3) is 4.65. The van der Waals surface area contributed by atoms with Crippen LogP contribution in [0.4, 0.5) is 4.39 Å². The highest BCUT2D eigenvalue weighted by Gasteiger charge is 2.23. The molecule has 2 atom stereocenters. The Kier molecular flexibility index (Phi) is 5.63. The monoisotopic (exact) mass is 348 g/mol. The zero-order valence-corrected chi connectivity index (χ0v) is 14.6. The van der Waals surface area contributed by atoms with E-state index in [1.165, 1.54) is 12.1 Å². The van der Waals surface area contributed by atoms with Gasteiger partial charge in [0.2, 0.25) is 0 Å². The summed E-state index contributed by atoms with van der Waals surface area (Å²) in [7, 11) is 1.64. The smallest absolute Gasteiger partial charge is 0.124 e. The molecule has 0 N–H and O–H groups in total. The maximum absolute atomic E-state index is 13.0. The van der Waals surface area contributed by atoms with Crippen LogP contribution in [0.2, 0.25) is 0 Å². The van der Waals surface area contributed by atoms with E-state index >= 15 is 0 Å². The van der Waals surface area contributed by atoms with Crippen molar-refractivity contribution >= 4 is 11.8 Å². The molecule has 1 fully saturated rings. The second-order valence-electron chi connectivity index (χ2n) is 5.98. The topological polar surface area (TPSA) is 27.7 Å². The van der Waals surface area contributed by atoms with Crippen molar-refractivity contribution in [1.82, 2.24) is 0 Å². The minimum atomic E-state index is -0.246. The van der Waals surface area contributed by atoms with Gasteiger partial charge in [0.05, 0.1) is 13.7 Å². The van der Waals surface area contributed by atoms with Gasteiger partial charge < -0.3 is 14.2 Å². The molecule has 0 saturated carbocycles. The molecule has 0 amide bonds. The van der Waals surface area contributed by atoms with Crippen molar-refractivity contribution in [2.24, 2.45) is 5.92 Å². The van der Waals surface area contributed by atoms with Gasteiger partial charge in [0.15, 0.2) is 0 Å². The van der Waals surface area contributed by atoms with Crippen LogP contribution in [0.3, 0.4) is 0 Å². The second kappa shape index (κ2) is 7.90. The van der Waals surface area contributed by atoms with E-state index in [0.717, 1.165) is 35.0 Å². The number of benzene rings is 2. The summed E-state index contributed by atoms with van der Waals surface area (Å²) in [4.78, 5) is 1.06. The van der Waals surface area contributed by atoms with E-state index in [0.29, 0.717) is 12.5 Å². The second-order valence-corrected chi connectivity index (χ2v) is 7.21. The standard InChI is InChI=1S/C19H21FO3S/c1-13-7-19(23-11-13)24-18-9-16(21-2)8-17(10-18)22-12-14-3-5-15(20)6-4-14/h3-6,8-10,13,19H,7,11-12H2,1-2H3/t13-,19?/m1/s1. The molecule has 0 radical (unpaired) electrons. The summed E-state index contributed by atoms with van der Waals surface area (Å²) in [5, 5.41) is 0. The van der Waals surface area contributed by atoms with Crippen LogP contribution in [0.15, 0.2) is 47.4 Å².